The van der Waals surface area contributed by atoms with Crippen molar-refractivity contribution in [2.24, 2.45) is 0 Å². The summed E-state index contributed by atoms with van der Waals surface area (Å²) in [7, 11) is 0. The minimum absolute atomic E-state index is 0.329. The maximum atomic E-state index is 5.12. The first-order valence-electron chi connectivity index (χ1n) is 5.79. The summed E-state index contributed by atoms with van der Waals surface area (Å²) in [4.78, 5) is 0. The van der Waals surface area contributed by atoms with Crippen molar-refractivity contribution in [1.82, 2.24) is 5.32 Å². The van der Waals surface area contributed by atoms with Crippen molar-refractivity contribution < 1.29 is 4.42 Å². The van der Waals surface area contributed by atoms with Crippen LogP contribution in [0.1, 0.15) is 24.1 Å². The molecule has 0 saturated heterocycles. The SMILES string of the molecule is CCNC(Cc1ccoc1)c1cccc(Br)c1. The quantitative estimate of drug-likeness (QED) is 0.903. The summed E-state index contributed by atoms with van der Waals surface area (Å²) < 4.78 is 6.23. The van der Waals surface area contributed by atoms with Gasteiger partial charge in [0.15, 0.2) is 0 Å². The summed E-state index contributed by atoms with van der Waals surface area (Å²) in [5.74, 6) is 0. The summed E-state index contributed by atoms with van der Waals surface area (Å²) in [6.45, 7) is 3.08. The van der Waals surface area contributed by atoms with Gasteiger partial charge in [0.1, 0.15) is 0 Å². The van der Waals surface area contributed by atoms with E-state index >= 15 is 0 Å². The average Bonchev–Trinajstić information content (AvgIpc) is 2.81. The Kier molecular flexibility index (Phi) is 4.40. The highest BCUT2D eigenvalue weighted by Gasteiger charge is 2.11. The van der Waals surface area contributed by atoms with Gasteiger partial charge in [-0.3, -0.25) is 0 Å². The smallest absolute Gasteiger partial charge is 0.0935 e. The highest BCUT2D eigenvalue weighted by atomic mass is 79.9. The normalized spacial score (nSPS) is 12.6. The zero-order valence-corrected chi connectivity index (χ0v) is 11.4. The first kappa shape index (κ1) is 12.4. The Morgan fingerprint density at radius 3 is 2.88 bits per heavy atom. The predicted molar refractivity (Wildman–Crippen MR) is 73.0 cm³/mol. The minimum atomic E-state index is 0.329. The minimum Gasteiger partial charge on any atom is -0.472 e. The Hall–Kier alpha value is -1.06. The van der Waals surface area contributed by atoms with Crippen LogP contribution < -0.4 is 5.32 Å². The Bertz CT molecular complexity index is 453. The molecule has 0 bridgehead atoms. The van der Waals surface area contributed by atoms with Crippen LogP contribution in [0.15, 0.2) is 51.7 Å². The summed E-state index contributed by atoms with van der Waals surface area (Å²) >= 11 is 3.51. The summed E-state index contributed by atoms with van der Waals surface area (Å²) in [6.07, 6.45) is 4.47. The summed E-state index contributed by atoms with van der Waals surface area (Å²) in [6, 6.07) is 10.8. The fraction of sp³-hybridized carbons (Fsp3) is 0.286. The molecule has 17 heavy (non-hydrogen) atoms. The van der Waals surface area contributed by atoms with Gasteiger partial charge in [-0.05, 0) is 42.3 Å². The van der Waals surface area contributed by atoms with E-state index in [0.717, 1.165) is 17.4 Å². The van der Waals surface area contributed by atoms with E-state index in [1.165, 1.54) is 11.1 Å². The molecule has 0 aliphatic carbocycles. The van der Waals surface area contributed by atoms with Crippen LogP contribution in [0.4, 0.5) is 0 Å². The van der Waals surface area contributed by atoms with Gasteiger partial charge < -0.3 is 9.73 Å². The van der Waals surface area contributed by atoms with Crippen LogP contribution in [0.25, 0.3) is 0 Å². The number of benzene rings is 1. The van der Waals surface area contributed by atoms with E-state index in [1.54, 1.807) is 6.26 Å². The second kappa shape index (κ2) is 6.03. The van der Waals surface area contributed by atoms with Crippen LogP contribution in [-0.2, 0) is 6.42 Å². The molecular formula is C14H16BrNO. The van der Waals surface area contributed by atoms with E-state index < -0.39 is 0 Å². The van der Waals surface area contributed by atoms with E-state index in [2.05, 4.69) is 46.4 Å². The Morgan fingerprint density at radius 2 is 2.24 bits per heavy atom. The lowest BCUT2D eigenvalue weighted by molar-refractivity contribution is 0.534. The number of hydrogen-bond acceptors (Lipinski definition) is 2. The molecule has 90 valence electrons. The average molecular weight is 294 g/mol. The lowest BCUT2D eigenvalue weighted by Crippen LogP contribution is -2.22. The van der Waals surface area contributed by atoms with Gasteiger partial charge in [0, 0.05) is 10.5 Å². The molecule has 0 amide bonds. The second-order valence-corrected chi connectivity index (χ2v) is 4.92. The standard InChI is InChI=1S/C14H16BrNO/c1-2-16-14(8-11-6-7-17-10-11)12-4-3-5-13(15)9-12/h3-7,9-10,14,16H,2,8H2,1H3. The van der Waals surface area contributed by atoms with Crippen LogP contribution in [-0.4, -0.2) is 6.54 Å². The third kappa shape index (κ3) is 3.45. The zero-order valence-electron chi connectivity index (χ0n) is 9.82. The largest absolute Gasteiger partial charge is 0.472 e. The molecule has 1 heterocycles. The van der Waals surface area contributed by atoms with Crippen molar-refractivity contribution in [1.29, 1.82) is 0 Å². The third-order valence-electron chi connectivity index (χ3n) is 2.72. The monoisotopic (exact) mass is 293 g/mol. The molecule has 0 spiro atoms. The highest BCUT2D eigenvalue weighted by molar-refractivity contribution is 9.10. The number of halogens is 1. The molecule has 0 saturated carbocycles. The van der Waals surface area contributed by atoms with Gasteiger partial charge in [-0.15, -0.1) is 0 Å². The summed E-state index contributed by atoms with van der Waals surface area (Å²) in [5.41, 5.74) is 2.51. The number of rotatable bonds is 5. The van der Waals surface area contributed by atoms with E-state index in [4.69, 9.17) is 4.42 Å². The molecule has 1 atom stereocenters. The molecular weight excluding hydrogens is 278 g/mol. The molecule has 2 aromatic rings. The summed E-state index contributed by atoms with van der Waals surface area (Å²) in [5, 5.41) is 3.50. The van der Waals surface area contributed by atoms with E-state index in [1.807, 2.05) is 18.4 Å². The number of likely N-dealkylation sites (N-methyl/N-ethyl adjacent to an activating group) is 1. The van der Waals surface area contributed by atoms with Gasteiger partial charge in [-0.25, -0.2) is 0 Å². The molecule has 1 aromatic carbocycles. The lowest BCUT2D eigenvalue weighted by atomic mass is 10.0. The van der Waals surface area contributed by atoms with Crippen molar-refractivity contribution in [3.63, 3.8) is 0 Å². The van der Waals surface area contributed by atoms with Crippen molar-refractivity contribution >= 4 is 15.9 Å². The van der Waals surface area contributed by atoms with E-state index in [0.29, 0.717) is 6.04 Å². The lowest BCUT2D eigenvalue weighted by Gasteiger charge is -2.17. The Balaban J connectivity index is 2.16. The van der Waals surface area contributed by atoms with Crippen molar-refractivity contribution in [3.05, 3.63) is 58.5 Å². The topological polar surface area (TPSA) is 25.2 Å². The first-order chi connectivity index (χ1) is 8.29. The predicted octanol–water partition coefficient (Wildman–Crippen LogP) is 3.94. The molecule has 1 unspecified atom stereocenters. The molecule has 1 aromatic heterocycles. The van der Waals surface area contributed by atoms with Gasteiger partial charge in [0.05, 0.1) is 12.5 Å². The van der Waals surface area contributed by atoms with Crippen LogP contribution in [0, 0.1) is 0 Å². The molecule has 2 rings (SSSR count). The van der Waals surface area contributed by atoms with Crippen molar-refractivity contribution in [2.75, 3.05) is 6.54 Å². The fourth-order valence-corrected chi connectivity index (χ4v) is 2.34. The second-order valence-electron chi connectivity index (χ2n) is 4.00. The van der Waals surface area contributed by atoms with Gasteiger partial charge in [-0.2, -0.15) is 0 Å². The van der Waals surface area contributed by atoms with Crippen LogP contribution in [0.3, 0.4) is 0 Å². The van der Waals surface area contributed by atoms with E-state index in [9.17, 15) is 0 Å². The van der Waals surface area contributed by atoms with Gasteiger partial charge >= 0.3 is 0 Å². The van der Waals surface area contributed by atoms with Crippen LogP contribution in [0.5, 0.6) is 0 Å². The molecule has 0 radical (unpaired) electrons. The number of nitrogens with one attached hydrogen (secondary N) is 1. The van der Waals surface area contributed by atoms with E-state index in [-0.39, 0.29) is 0 Å². The maximum Gasteiger partial charge on any atom is 0.0935 e. The first-order valence-corrected chi connectivity index (χ1v) is 6.59. The van der Waals surface area contributed by atoms with Gasteiger partial charge in [0.25, 0.3) is 0 Å². The molecule has 2 nitrogen and oxygen atoms in total. The number of hydrogen-bond donors (Lipinski definition) is 1. The Labute approximate surface area is 110 Å². The van der Waals surface area contributed by atoms with Crippen molar-refractivity contribution in [2.45, 2.75) is 19.4 Å². The van der Waals surface area contributed by atoms with Gasteiger partial charge in [-0.1, -0.05) is 35.0 Å². The third-order valence-corrected chi connectivity index (χ3v) is 3.21. The Morgan fingerprint density at radius 1 is 1.35 bits per heavy atom. The van der Waals surface area contributed by atoms with Gasteiger partial charge in [0.2, 0.25) is 0 Å². The molecule has 3 heteroatoms. The van der Waals surface area contributed by atoms with Crippen molar-refractivity contribution in [3.8, 4) is 0 Å². The maximum absolute atomic E-state index is 5.12. The van der Waals surface area contributed by atoms with Crippen LogP contribution >= 0.6 is 15.9 Å². The molecule has 1 N–H and O–H groups in total. The molecule has 0 fully saturated rings. The highest BCUT2D eigenvalue weighted by Crippen LogP contribution is 2.21. The number of furan rings is 1. The fourth-order valence-electron chi connectivity index (χ4n) is 1.92. The molecule has 0 aliphatic rings. The zero-order chi connectivity index (χ0) is 12.1. The van der Waals surface area contributed by atoms with Crippen LogP contribution in [0.2, 0.25) is 0 Å². The molecule has 0 aliphatic heterocycles.